The Kier molecular flexibility index (Phi) is 3.57. The number of carbonyl (C=O) groups is 1. The molecule has 2 N–H and O–H groups in total. The lowest BCUT2D eigenvalue weighted by atomic mass is 10.2. The first kappa shape index (κ1) is 13.2. The molecule has 0 aromatic carbocycles. The lowest BCUT2D eigenvalue weighted by Gasteiger charge is -1.98. The van der Waals surface area contributed by atoms with Gasteiger partial charge in [-0.1, -0.05) is 11.6 Å². The number of nitrogens with one attached hydrogen (secondary N) is 2. The highest BCUT2D eigenvalue weighted by molar-refractivity contribution is 6.34. The molecule has 0 spiro atoms. The summed E-state index contributed by atoms with van der Waals surface area (Å²) >= 11 is 5.93. The van der Waals surface area contributed by atoms with Crippen LogP contribution in [0.15, 0.2) is 42.0 Å². The Morgan fingerprint density at radius 3 is 3.05 bits per heavy atom. The Labute approximate surface area is 124 Å². The SMILES string of the molecule is O=C(N/N=C\c1cncc2c(Cl)[nH]nc12)c1cccnc1. The van der Waals surface area contributed by atoms with Crippen LogP contribution in [0.1, 0.15) is 15.9 Å². The first-order valence-corrected chi connectivity index (χ1v) is 6.34. The molecule has 21 heavy (non-hydrogen) atoms. The maximum Gasteiger partial charge on any atom is 0.272 e. The molecule has 104 valence electrons. The van der Waals surface area contributed by atoms with Crippen molar-refractivity contribution in [2.24, 2.45) is 5.10 Å². The number of amides is 1. The fourth-order valence-corrected chi connectivity index (χ4v) is 1.92. The molecule has 0 atom stereocenters. The summed E-state index contributed by atoms with van der Waals surface area (Å²) in [5.74, 6) is -0.348. The highest BCUT2D eigenvalue weighted by Gasteiger charge is 2.07. The van der Waals surface area contributed by atoms with E-state index in [9.17, 15) is 4.79 Å². The maximum absolute atomic E-state index is 11.8. The fourth-order valence-electron chi connectivity index (χ4n) is 1.74. The summed E-state index contributed by atoms with van der Waals surface area (Å²) < 4.78 is 0. The first-order chi connectivity index (χ1) is 10.3. The third kappa shape index (κ3) is 2.72. The van der Waals surface area contributed by atoms with Crippen LogP contribution < -0.4 is 5.43 Å². The summed E-state index contributed by atoms with van der Waals surface area (Å²) in [6.45, 7) is 0. The second kappa shape index (κ2) is 5.68. The molecule has 0 unspecified atom stereocenters. The third-order valence-corrected chi connectivity index (χ3v) is 3.03. The second-order valence-corrected chi connectivity index (χ2v) is 4.48. The molecule has 0 saturated carbocycles. The summed E-state index contributed by atoms with van der Waals surface area (Å²) in [6.07, 6.45) is 7.70. The van der Waals surface area contributed by atoms with Gasteiger partial charge in [-0.05, 0) is 12.1 Å². The van der Waals surface area contributed by atoms with E-state index in [4.69, 9.17) is 11.6 Å². The van der Waals surface area contributed by atoms with Gasteiger partial charge in [-0.25, -0.2) is 5.43 Å². The van der Waals surface area contributed by atoms with Crippen molar-refractivity contribution >= 4 is 34.6 Å². The molecule has 0 fully saturated rings. The monoisotopic (exact) mass is 300 g/mol. The summed E-state index contributed by atoms with van der Waals surface area (Å²) in [5, 5.41) is 11.7. The summed E-state index contributed by atoms with van der Waals surface area (Å²) in [7, 11) is 0. The van der Waals surface area contributed by atoms with E-state index in [-0.39, 0.29) is 5.91 Å². The van der Waals surface area contributed by atoms with Crippen LogP contribution in [0.25, 0.3) is 10.9 Å². The lowest BCUT2D eigenvalue weighted by molar-refractivity contribution is 0.0955. The van der Waals surface area contributed by atoms with Crippen molar-refractivity contribution in [1.29, 1.82) is 0 Å². The zero-order chi connectivity index (χ0) is 14.7. The number of fused-ring (bicyclic) bond motifs is 1. The number of aromatic amines is 1. The minimum Gasteiger partial charge on any atom is -0.267 e. The standard InChI is InChI=1S/C13H9ClN6O/c14-12-10-7-16-5-9(11(10)18-19-12)6-17-20-13(21)8-2-1-3-15-4-8/h1-7H,(H,18,19)(H,20,21)/b17-6-. The van der Waals surface area contributed by atoms with Gasteiger partial charge >= 0.3 is 0 Å². The molecular weight excluding hydrogens is 292 g/mol. The molecule has 0 radical (unpaired) electrons. The van der Waals surface area contributed by atoms with Crippen LogP contribution >= 0.6 is 11.6 Å². The number of pyridine rings is 2. The van der Waals surface area contributed by atoms with E-state index in [2.05, 4.69) is 30.7 Å². The Morgan fingerprint density at radius 1 is 1.33 bits per heavy atom. The number of aromatic nitrogens is 4. The number of hydrogen-bond acceptors (Lipinski definition) is 5. The van der Waals surface area contributed by atoms with Gasteiger partial charge in [-0.15, -0.1) is 0 Å². The van der Waals surface area contributed by atoms with Crippen molar-refractivity contribution in [2.75, 3.05) is 0 Å². The van der Waals surface area contributed by atoms with Crippen LogP contribution in [-0.4, -0.2) is 32.3 Å². The van der Waals surface area contributed by atoms with Crippen LogP contribution in [-0.2, 0) is 0 Å². The number of hydrazone groups is 1. The summed E-state index contributed by atoms with van der Waals surface area (Å²) in [5.41, 5.74) is 4.11. The molecule has 0 aliphatic carbocycles. The van der Waals surface area contributed by atoms with Gasteiger partial charge in [-0.3, -0.25) is 19.9 Å². The van der Waals surface area contributed by atoms with Crippen molar-refractivity contribution < 1.29 is 4.79 Å². The first-order valence-electron chi connectivity index (χ1n) is 5.96. The molecule has 3 rings (SSSR count). The fraction of sp³-hybridized carbons (Fsp3) is 0. The molecule has 0 bridgehead atoms. The Bertz CT molecular complexity index is 814. The number of halogens is 1. The molecule has 3 aromatic rings. The largest absolute Gasteiger partial charge is 0.272 e. The molecule has 0 aliphatic rings. The lowest BCUT2D eigenvalue weighted by Crippen LogP contribution is -2.17. The van der Waals surface area contributed by atoms with Crippen LogP contribution in [0.3, 0.4) is 0 Å². The normalized spacial score (nSPS) is 11.1. The third-order valence-electron chi connectivity index (χ3n) is 2.74. The van der Waals surface area contributed by atoms with E-state index in [0.29, 0.717) is 27.2 Å². The highest BCUT2D eigenvalue weighted by Crippen LogP contribution is 2.20. The van der Waals surface area contributed by atoms with Gasteiger partial charge in [0.25, 0.3) is 5.91 Å². The zero-order valence-corrected chi connectivity index (χ0v) is 11.4. The molecule has 0 aliphatic heterocycles. The molecular formula is C13H9ClN6O. The number of nitrogens with zero attached hydrogens (tertiary/aromatic N) is 4. The van der Waals surface area contributed by atoms with Crippen molar-refractivity contribution in [3.05, 3.63) is 53.2 Å². The van der Waals surface area contributed by atoms with E-state index < -0.39 is 0 Å². The topological polar surface area (TPSA) is 95.9 Å². The Balaban J connectivity index is 1.78. The smallest absolute Gasteiger partial charge is 0.267 e. The van der Waals surface area contributed by atoms with E-state index in [1.54, 1.807) is 30.7 Å². The van der Waals surface area contributed by atoms with Crippen LogP contribution in [0.2, 0.25) is 5.15 Å². The number of carbonyl (C=O) groups excluding carboxylic acids is 1. The molecule has 3 aromatic heterocycles. The van der Waals surface area contributed by atoms with Crippen molar-refractivity contribution in [3.63, 3.8) is 0 Å². The minimum atomic E-state index is -0.348. The number of rotatable bonds is 3. The average Bonchev–Trinajstić information content (AvgIpc) is 2.91. The Morgan fingerprint density at radius 2 is 2.24 bits per heavy atom. The maximum atomic E-state index is 11.8. The number of H-pyrrole nitrogens is 1. The molecule has 8 heteroatoms. The van der Waals surface area contributed by atoms with E-state index in [1.165, 1.54) is 12.4 Å². The van der Waals surface area contributed by atoms with Gasteiger partial charge in [0.15, 0.2) is 0 Å². The minimum absolute atomic E-state index is 0.348. The van der Waals surface area contributed by atoms with Crippen molar-refractivity contribution in [1.82, 2.24) is 25.6 Å². The van der Waals surface area contributed by atoms with Gasteiger partial charge in [0.05, 0.1) is 17.2 Å². The molecule has 7 nitrogen and oxygen atoms in total. The predicted molar refractivity (Wildman–Crippen MR) is 78.2 cm³/mol. The van der Waals surface area contributed by atoms with E-state index in [0.717, 1.165) is 0 Å². The predicted octanol–water partition coefficient (Wildman–Crippen LogP) is 1.77. The zero-order valence-electron chi connectivity index (χ0n) is 10.6. The van der Waals surface area contributed by atoms with Gasteiger partial charge in [0, 0.05) is 30.4 Å². The quantitative estimate of drug-likeness (QED) is 0.569. The van der Waals surface area contributed by atoms with Crippen LogP contribution in [0.4, 0.5) is 0 Å². The highest BCUT2D eigenvalue weighted by atomic mass is 35.5. The second-order valence-electron chi connectivity index (χ2n) is 4.10. The van der Waals surface area contributed by atoms with Crippen molar-refractivity contribution in [2.45, 2.75) is 0 Å². The number of hydrogen-bond donors (Lipinski definition) is 2. The summed E-state index contributed by atoms with van der Waals surface area (Å²) in [4.78, 5) is 19.7. The average molecular weight is 301 g/mol. The van der Waals surface area contributed by atoms with Crippen LogP contribution in [0, 0.1) is 0 Å². The molecule has 1 amide bonds. The summed E-state index contributed by atoms with van der Waals surface area (Å²) in [6, 6.07) is 3.32. The van der Waals surface area contributed by atoms with E-state index >= 15 is 0 Å². The molecule has 0 saturated heterocycles. The van der Waals surface area contributed by atoms with Gasteiger partial charge in [-0.2, -0.15) is 10.2 Å². The molecule has 3 heterocycles. The van der Waals surface area contributed by atoms with Gasteiger partial charge < -0.3 is 0 Å². The van der Waals surface area contributed by atoms with Gasteiger partial charge in [0.2, 0.25) is 0 Å². The van der Waals surface area contributed by atoms with Crippen LogP contribution in [0.5, 0.6) is 0 Å². The van der Waals surface area contributed by atoms with Crippen molar-refractivity contribution in [3.8, 4) is 0 Å². The Hall–Kier alpha value is -2.80. The van der Waals surface area contributed by atoms with Gasteiger partial charge in [0.1, 0.15) is 10.7 Å². The van der Waals surface area contributed by atoms with E-state index in [1.807, 2.05) is 0 Å².